The Balaban J connectivity index is 2.04. The molecule has 0 heterocycles. The number of aliphatic carboxylic acids is 1. The summed E-state index contributed by atoms with van der Waals surface area (Å²) in [6, 6.07) is 20.8. The standard InChI is InChI=1S/C27H26O4/c1-26(2,15-22(28)29)27-18-11-7-5-9-16(18)23(17-10-6-8-12-19(17)27)24-20(30-3)13-14-21(31-4)25(24)27/h5-14,23H,15H2,1-4H3,(H,28,29). The summed E-state index contributed by atoms with van der Waals surface area (Å²) >= 11 is 0. The molecule has 3 aromatic rings. The first kappa shape index (κ1) is 19.7. The Morgan fingerprint density at radius 2 is 1.42 bits per heavy atom. The minimum atomic E-state index is -0.814. The quantitative estimate of drug-likeness (QED) is 0.612. The van der Waals surface area contributed by atoms with E-state index in [-0.39, 0.29) is 12.3 Å². The van der Waals surface area contributed by atoms with Gasteiger partial charge in [-0.15, -0.1) is 0 Å². The second kappa shape index (κ2) is 6.61. The molecule has 0 amide bonds. The summed E-state index contributed by atoms with van der Waals surface area (Å²) in [6.07, 6.45) is 0.0140. The van der Waals surface area contributed by atoms with E-state index in [0.717, 1.165) is 33.8 Å². The molecule has 3 aliphatic rings. The predicted molar refractivity (Wildman–Crippen MR) is 119 cm³/mol. The van der Waals surface area contributed by atoms with Crippen LogP contribution in [0.25, 0.3) is 0 Å². The molecule has 0 spiro atoms. The summed E-state index contributed by atoms with van der Waals surface area (Å²) in [4.78, 5) is 12.1. The van der Waals surface area contributed by atoms with E-state index in [2.05, 4.69) is 50.2 Å². The van der Waals surface area contributed by atoms with Crippen molar-refractivity contribution < 1.29 is 19.4 Å². The van der Waals surface area contributed by atoms with Crippen LogP contribution in [0.4, 0.5) is 0 Å². The van der Waals surface area contributed by atoms with Gasteiger partial charge in [0, 0.05) is 17.0 Å². The van der Waals surface area contributed by atoms with Gasteiger partial charge in [-0.2, -0.15) is 0 Å². The van der Waals surface area contributed by atoms with Crippen LogP contribution in [0, 0.1) is 5.41 Å². The molecule has 0 unspecified atom stereocenters. The van der Waals surface area contributed by atoms with E-state index >= 15 is 0 Å². The summed E-state index contributed by atoms with van der Waals surface area (Å²) in [5.74, 6) is 0.768. The van der Waals surface area contributed by atoms with Crippen molar-refractivity contribution in [1.82, 2.24) is 0 Å². The molecule has 4 nitrogen and oxygen atoms in total. The zero-order valence-electron chi connectivity index (χ0n) is 18.2. The Bertz CT molecular complexity index is 1160. The van der Waals surface area contributed by atoms with Crippen molar-refractivity contribution in [3.63, 3.8) is 0 Å². The van der Waals surface area contributed by atoms with E-state index in [4.69, 9.17) is 9.47 Å². The maximum atomic E-state index is 12.1. The lowest BCUT2D eigenvalue weighted by atomic mass is 9.44. The molecule has 31 heavy (non-hydrogen) atoms. The highest BCUT2D eigenvalue weighted by Crippen LogP contribution is 2.68. The second-order valence-corrected chi connectivity index (χ2v) is 9.07. The number of carbonyl (C=O) groups is 1. The average Bonchev–Trinajstić information content (AvgIpc) is 2.76. The summed E-state index contributed by atoms with van der Waals surface area (Å²) < 4.78 is 11.8. The van der Waals surface area contributed by atoms with E-state index in [9.17, 15) is 9.90 Å². The summed E-state index contributed by atoms with van der Waals surface area (Å²) in [5, 5.41) is 9.92. The molecule has 0 atom stereocenters. The van der Waals surface area contributed by atoms with Gasteiger partial charge in [0.15, 0.2) is 0 Å². The molecule has 3 aliphatic carbocycles. The molecule has 3 aromatic carbocycles. The topological polar surface area (TPSA) is 55.8 Å². The molecule has 158 valence electrons. The third kappa shape index (κ3) is 2.33. The van der Waals surface area contributed by atoms with Gasteiger partial charge < -0.3 is 14.6 Å². The number of methoxy groups -OCH3 is 2. The van der Waals surface area contributed by atoms with Crippen molar-refractivity contribution >= 4 is 5.97 Å². The fourth-order valence-corrected chi connectivity index (χ4v) is 6.25. The van der Waals surface area contributed by atoms with Gasteiger partial charge in [-0.25, -0.2) is 0 Å². The largest absolute Gasteiger partial charge is 0.496 e. The van der Waals surface area contributed by atoms with Gasteiger partial charge in [-0.3, -0.25) is 4.79 Å². The fourth-order valence-electron chi connectivity index (χ4n) is 6.25. The first-order valence-electron chi connectivity index (χ1n) is 10.5. The van der Waals surface area contributed by atoms with Crippen molar-refractivity contribution in [2.45, 2.75) is 31.6 Å². The van der Waals surface area contributed by atoms with Crippen molar-refractivity contribution in [2.24, 2.45) is 5.41 Å². The minimum Gasteiger partial charge on any atom is -0.496 e. The number of carboxylic acid groups (broad SMARTS) is 1. The normalized spacial score (nSPS) is 20.5. The van der Waals surface area contributed by atoms with Gasteiger partial charge >= 0.3 is 5.97 Å². The lowest BCUT2D eigenvalue weighted by molar-refractivity contribution is -0.140. The SMILES string of the molecule is COc1ccc(OC)c2c1C1c3ccccc3C2(C(C)(C)CC(=O)O)c2ccccc21. The molecule has 0 saturated heterocycles. The third-order valence-corrected chi connectivity index (χ3v) is 7.23. The highest BCUT2D eigenvalue weighted by atomic mass is 16.5. The predicted octanol–water partition coefficient (Wildman–Crippen LogP) is 5.35. The molecule has 4 heteroatoms. The molecule has 2 bridgehead atoms. The monoisotopic (exact) mass is 414 g/mol. The Morgan fingerprint density at radius 3 is 1.94 bits per heavy atom. The smallest absolute Gasteiger partial charge is 0.303 e. The fraction of sp³-hybridized carbons (Fsp3) is 0.296. The van der Waals surface area contributed by atoms with Crippen molar-refractivity contribution in [2.75, 3.05) is 14.2 Å². The number of hydrogen-bond acceptors (Lipinski definition) is 3. The van der Waals surface area contributed by atoms with E-state index < -0.39 is 16.8 Å². The Kier molecular flexibility index (Phi) is 4.20. The molecule has 0 aliphatic heterocycles. The summed E-state index contributed by atoms with van der Waals surface area (Å²) in [7, 11) is 3.37. The van der Waals surface area contributed by atoms with Crippen molar-refractivity contribution in [3.05, 3.63) is 94.0 Å². The van der Waals surface area contributed by atoms with E-state index in [1.54, 1.807) is 14.2 Å². The van der Waals surface area contributed by atoms with Crippen LogP contribution in [0.3, 0.4) is 0 Å². The van der Waals surface area contributed by atoms with Crippen LogP contribution in [0.2, 0.25) is 0 Å². The number of hydrogen-bond donors (Lipinski definition) is 1. The van der Waals surface area contributed by atoms with E-state index in [1.807, 2.05) is 24.3 Å². The van der Waals surface area contributed by atoms with Crippen LogP contribution in [-0.2, 0) is 10.2 Å². The molecule has 0 saturated carbocycles. The van der Waals surface area contributed by atoms with Crippen LogP contribution in [-0.4, -0.2) is 25.3 Å². The van der Waals surface area contributed by atoms with Gasteiger partial charge in [-0.1, -0.05) is 62.4 Å². The molecule has 1 N–H and O–H groups in total. The van der Waals surface area contributed by atoms with Crippen LogP contribution in [0.15, 0.2) is 60.7 Å². The average molecular weight is 415 g/mol. The number of carboxylic acids is 1. The van der Waals surface area contributed by atoms with Gasteiger partial charge in [0.25, 0.3) is 0 Å². The van der Waals surface area contributed by atoms with Crippen molar-refractivity contribution in [3.8, 4) is 11.5 Å². The van der Waals surface area contributed by atoms with Gasteiger partial charge in [0.1, 0.15) is 11.5 Å². The molecule has 0 fully saturated rings. The van der Waals surface area contributed by atoms with Gasteiger partial charge in [-0.05, 0) is 39.8 Å². The van der Waals surface area contributed by atoms with Crippen molar-refractivity contribution in [1.29, 1.82) is 0 Å². The molecular formula is C27H26O4. The van der Waals surface area contributed by atoms with Crippen LogP contribution in [0.5, 0.6) is 11.5 Å². The first-order valence-corrected chi connectivity index (χ1v) is 10.5. The minimum absolute atomic E-state index is 0.00922. The number of benzene rings is 3. The zero-order chi connectivity index (χ0) is 22.0. The van der Waals surface area contributed by atoms with Gasteiger partial charge in [0.2, 0.25) is 0 Å². The lowest BCUT2D eigenvalue weighted by Crippen LogP contribution is -2.52. The summed E-state index contributed by atoms with van der Waals surface area (Å²) in [6.45, 7) is 4.12. The third-order valence-electron chi connectivity index (χ3n) is 7.23. The van der Waals surface area contributed by atoms with E-state index in [0.29, 0.717) is 0 Å². The first-order chi connectivity index (χ1) is 14.9. The Hall–Kier alpha value is -3.27. The highest BCUT2D eigenvalue weighted by molar-refractivity contribution is 5.79. The highest BCUT2D eigenvalue weighted by Gasteiger charge is 2.61. The Morgan fingerprint density at radius 1 is 0.903 bits per heavy atom. The maximum absolute atomic E-state index is 12.1. The number of rotatable bonds is 5. The molecule has 0 radical (unpaired) electrons. The zero-order valence-corrected chi connectivity index (χ0v) is 18.2. The van der Waals surface area contributed by atoms with Crippen LogP contribution >= 0.6 is 0 Å². The second-order valence-electron chi connectivity index (χ2n) is 9.07. The van der Waals surface area contributed by atoms with Gasteiger partial charge in [0.05, 0.1) is 26.1 Å². The summed E-state index contributed by atoms with van der Waals surface area (Å²) in [5.41, 5.74) is 5.50. The number of ether oxygens (including phenoxy) is 2. The van der Waals surface area contributed by atoms with Crippen LogP contribution in [0.1, 0.15) is 59.6 Å². The maximum Gasteiger partial charge on any atom is 0.303 e. The molecule has 6 rings (SSSR count). The molecular weight excluding hydrogens is 388 g/mol. The lowest BCUT2D eigenvalue weighted by Gasteiger charge is -2.57. The van der Waals surface area contributed by atoms with Crippen LogP contribution < -0.4 is 9.47 Å². The Labute approximate surface area is 182 Å². The molecule has 0 aromatic heterocycles. The van der Waals surface area contributed by atoms with E-state index in [1.165, 1.54) is 11.1 Å².